The van der Waals surface area contributed by atoms with Crippen LogP contribution in [-0.4, -0.2) is 11.2 Å². The molecule has 0 saturated carbocycles. The Balaban J connectivity index is 4.06. The molecular formula is C20H28NO3. The quantitative estimate of drug-likeness (QED) is 0.180. The van der Waals surface area contributed by atoms with Crippen LogP contribution in [0.5, 0.6) is 0 Å². The zero-order valence-corrected chi connectivity index (χ0v) is 14.5. The van der Waals surface area contributed by atoms with Crippen LogP contribution in [-0.2, 0) is 4.79 Å². The first kappa shape index (κ1) is 21.8. The highest BCUT2D eigenvalue weighted by molar-refractivity contribution is 5.50. The first-order valence-corrected chi connectivity index (χ1v) is 8.50. The second-order valence-corrected chi connectivity index (χ2v) is 5.19. The predicted molar refractivity (Wildman–Crippen MR) is 99.9 cm³/mol. The van der Waals surface area contributed by atoms with Gasteiger partial charge in [0, 0.05) is 6.42 Å². The van der Waals surface area contributed by atoms with Crippen LogP contribution in [0, 0.1) is 10.1 Å². The van der Waals surface area contributed by atoms with Crippen LogP contribution in [0.3, 0.4) is 0 Å². The van der Waals surface area contributed by atoms with Gasteiger partial charge < -0.3 is 0 Å². The molecule has 0 atom stereocenters. The number of unbranched alkanes of at least 4 members (excludes halogenated alkanes) is 2. The van der Waals surface area contributed by atoms with Crippen LogP contribution in [0.25, 0.3) is 0 Å². The zero-order chi connectivity index (χ0) is 17.9. The van der Waals surface area contributed by atoms with Crippen molar-refractivity contribution in [1.82, 2.24) is 0 Å². The van der Waals surface area contributed by atoms with Crippen LogP contribution >= 0.6 is 0 Å². The molecule has 131 valence electrons. The summed E-state index contributed by atoms with van der Waals surface area (Å²) in [5, 5.41) is 11.0. The number of nitrogens with zero attached hydrogens (tertiary/aromatic N) is 1. The second kappa shape index (κ2) is 17.1. The highest BCUT2D eigenvalue weighted by Crippen LogP contribution is 2.07. The average molecular weight is 330 g/mol. The minimum atomic E-state index is -0.336. The molecule has 0 aromatic carbocycles. The third-order valence-corrected chi connectivity index (χ3v) is 3.15. The molecule has 0 rings (SSSR count). The standard InChI is InChI=1S/C20H28NO3/c1-2-3-4-5-6-7-8-9-11-14-17-20(21(23)24)18-15-12-10-13-16-19-22/h3-4,6-7,9,11-12,15,17H,2,5,8,10,13-14,16,18H2,1H3/b4-3+,7-6+,11-9+,15-12+,20-17-. The van der Waals surface area contributed by atoms with E-state index in [1.807, 2.05) is 24.5 Å². The van der Waals surface area contributed by atoms with Crippen molar-refractivity contribution in [2.75, 3.05) is 0 Å². The summed E-state index contributed by atoms with van der Waals surface area (Å²) in [4.78, 5) is 20.7. The van der Waals surface area contributed by atoms with E-state index in [9.17, 15) is 14.9 Å². The molecular weight excluding hydrogens is 302 g/mol. The molecule has 0 saturated heterocycles. The summed E-state index contributed by atoms with van der Waals surface area (Å²) in [6.45, 7) is 2.11. The minimum absolute atomic E-state index is 0.207. The number of carbonyl (C=O) groups excluding carboxylic acids is 1. The van der Waals surface area contributed by atoms with Crippen LogP contribution in [0.1, 0.15) is 58.3 Å². The van der Waals surface area contributed by atoms with Crippen LogP contribution < -0.4 is 0 Å². The first-order chi connectivity index (χ1) is 11.7. The van der Waals surface area contributed by atoms with Crippen molar-refractivity contribution in [1.29, 1.82) is 0 Å². The molecule has 0 N–H and O–H groups in total. The molecule has 0 heterocycles. The van der Waals surface area contributed by atoms with E-state index < -0.39 is 0 Å². The number of hydrogen-bond donors (Lipinski definition) is 0. The van der Waals surface area contributed by atoms with Crippen molar-refractivity contribution in [2.45, 2.75) is 58.3 Å². The van der Waals surface area contributed by atoms with E-state index in [-0.39, 0.29) is 10.6 Å². The summed E-state index contributed by atoms with van der Waals surface area (Å²) < 4.78 is 0. The summed E-state index contributed by atoms with van der Waals surface area (Å²) in [5.74, 6) is 0. The summed E-state index contributed by atoms with van der Waals surface area (Å²) in [5.41, 5.74) is 0.207. The molecule has 0 aromatic heterocycles. The SMILES string of the molecule is CC/C=C/C/C=C/C/C=C/C/C=C(/C/C=C/CCC[C]=O)[N+](=O)[O-]. The summed E-state index contributed by atoms with van der Waals surface area (Å²) in [6.07, 6.45) is 25.2. The van der Waals surface area contributed by atoms with Crippen molar-refractivity contribution >= 4 is 6.29 Å². The topological polar surface area (TPSA) is 60.2 Å². The Hall–Kier alpha value is -2.23. The van der Waals surface area contributed by atoms with Crippen molar-refractivity contribution in [2.24, 2.45) is 0 Å². The fraction of sp³-hybridized carbons (Fsp3) is 0.450. The second-order valence-electron chi connectivity index (χ2n) is 5.19. The van der Waals surface area contributed by atoms with E-state index in [2.05, 4.69) is 31.2 Å². The lowest BCUT2D eigenvalue weighted by atomic mass is 10.2. The lowest BCUT2D eigenvalue weighted by Gasteiger charge is -1.94. The van der Waals surface area contributed by atoms with Crippen molar-refractivity contribution < 1.29 is 9.72 Å². The van der Waals surface area contributed by atoms with Gasteiger partial charge >= 0.3 is 0 Å². The maximum atomic E-state index is 11.0. The van der Waals surface area contributed by atoms with E-state index in [0.29, 0.717) is 19.3 Å². The lowest BCUT2D eigenvalue weighted by Crippen LogP contribution is -1.97. The van der Waals surface area contributed by atoms with Gasteiger partial charge in [0.15, 0.2) is 6.29 Å². The number of rotatable bonds is 14. The van der Waals surface area contributed by atoms with E-state index in [0.717, 1.165) is 32.1 Å². The molecule has 0 aliphatic heterocycles. The Morgan fingerprint density at radius 3 is 2.17 bits per heavy atom. The molecule has 4 heteroatoms. The van der Waals surface area contributed by atoms with Crippen molar-refractivity contribution in [3.8, 4) is 0 Å². The van der Waals surface area contributed by atoms with E-state index >= 15 is 0 Å². The fourth-order valence-electron chi connectivity index (χ4n) is 1.86. The third-order valence-electron chi connectivity index (χ3n) is 3.15. The zero-order valence-electron chi connectivity index (χ0n) is 14.5. The van der Waals surface area contributed by atoms with E-state index in [1.54, 1.807) is 12.2 Å². The molecule has 24 heavy (non-hydrogen) atoms. The van der Waals surface area contributed by atoms with Crippen molar-refractivity contribution in [3.05, 3.63) is 70.5 Å². The lowest BCUT2D eigenvalue weighted by molar-refractivity contribution is -0.427. The van der Waals surface area contributed by atoms with Gasteiger partial charge in [0.25, 0.3) is 0 Å². The molecule has 4 nitrogen and oxygen atoms in total. The normalized spacial score (nSPS) is 13.0. The summed E-state index contributed by atoms with van der Waals surface area (Å²) >= 11 is 0. The third kappa shape index (κ3) is 14.7. The highest BCUT2D eigenvalue weighted by Gasteiger charge is 2.06. The Morgan fingerprint density at radius 2 is 1.58 bits per heavy atom. The molecule has 0 fully saturated rings. The van der Waals surface area contributed by atoms with Gasteiger partial charge in [-0.25, -0.2) is 0 Å². The fourth-order valence-corrected chi connectivity index (χ4v) is 1.86. The van der Waals surface area contributed by atoms with Gasteiger partial charge in [-0.3, -0.25) is 14.9 Å². The highest BCUT2D eigenvalue weighted by atomic mass is 16.6. The maximum absolute atomic E-state index is 11.0. The van der Waals surface area contributed by atoms with Crippen LogP contribution in [0.15, 0.2) is 60.4 Å². The molecule has 0 bridgehead atoms. The minimum Gasteiger partial charge on any atom is -0.291 e. The first-order valence-electron chi connectivity index (χ1n) is 8.50. The van der Waals surface area contributed by atoms with Gasteiger partial charge in [0.05, 0.1) is 11.3 Å². The summed E-state index contributed by atoms with van der Waals surface area (Å²) in [7, 11) is 0. The molecule has 0 aliphatic carbocycles. The maximum Gasteiger partial charge on any atom is 0.246 e. The molecule has 0 spiro atoms. The van der Waals surface area contributed by atoms with Gasteiger partial charge in [0.1, 0.15) is 0 Å². The average Bonchev–Trinajstić information content (AvgIpc) is 2.57. The molecule has 0 aliphatic rings. The van der Waals surface area contributed by atoms with Gasteiger partial charge in [-0.1, -0.05) is 55.5 Å². The Labute approximate surface area is 145 Å². The van der Waals surface area contributed by atoms with E-state index in [4.69, 9.17) is 0 Å². The monoisotopic (exact) mass is 330 g/mol. The molecule has 1 radical (unpaired) electrons. The number of nitro groups is 1. The number of hydrogen-bond acceptors (Lipinski definition) is 3. The summed E-state index contributed by atoms with van der Waals surface area (Å²) in [6, 6.07) is 0. The van der Waals surface area contributed by atoms with Gasteiger partial charge in [0.2, 0.25) is 5.70 Å². The Kier molecular flexibility index (Phi) is 15.5. The van der Waals surface area contributed by atoms with Crippen LogP contribution in [0.4, 0.5) is 0 Å². The van der Waals surface area contributed by atoms with Gasteiger partial charge in [-0.05, 0) is 44.6 Å². The molecule has 0 unspecified atom stereocenters. The Morgan fingerprint density at radius 1 is 0.958 bits per heavy atom. The van der Waals surface area contributed by atoms with Crippen LogP contribution in [0.2, 0.25) is 0 Å². The molecule has 0 amide bonds. The predicted octanol–water partition coefficient (Wildman–Crippen LogP) is 5.62. The smallest absolute Gasteiger partial charge is 0.246 e. The molecule has 0 aromatic rings. The number of allylic oxidation sites excluding steroid dienone is 9. The van der Waals surface area contributed by atoms with Crippen molar-refractivity contribution in [3.63, 3.8) is 0 Å². The largest absolute Gasteiger partial charge is 0.291 e. The van der Waals surface area contributed by atoms with Gasteiger partial charge in [-0.15, -0.1) is 0 Å². The Bertz CT molecular complexity index is 485. The van der Waals surface area contributed by atoms with Gasteiger partial charge in [-0.2, -0.15) is 0 Å². The van der Waals surface area contributed by atoms with E-state index in [1.165, 1.54) is 0 Å².